The van der Waals surface area contributed by atoms with E-state index in [1.807, 2.05) is 0 Å². The van der Waals surface area contributed by atoms with Crippen molar-refractivity contribution in [1.82, 2.24) is 4.98 Å². The first kappa shape index (κ1) is 11.2. The zero-order valence-electron chi connectivity index (χ0n) is 10.7. The molecular formula is C14H20N2. The third kappa shape index (κ3) is 1.63. The number of benzene rings is 1. The van der Waals surface area contributed by atoms with E-state index in [1.54, 1.807) is 0 Å². The summed E-state index contributed by atoms with van der Waals surface area (Å²) in [5.74, 6) is 0. The zero-order valence-corrected chi connectivity index (χ0v) is 10.7. The normalized spacial score (nSPS) is 12.4. The van der Waals surface area contributed by atoms with Gasteiger partial charge in [-0.25, -0.2) is 0 Å². The van der Waals surface area contributed by atoms with Crippen molar-refractivity contribution in [2.75, 3.05) is 0 Å². The maximum absolute atomic E-state index is 6.25. The molecule has 3 N–H and O–H groups in total. The van der Waals surface area contributed by atoms with Crippen molar-refractivity contribution < 1.29 is 0 Å². The molecule has 16 heavy (non-hydrogen) atoms. The Balaban J connectivity index is 2.89. The lowest BCUT2D eigenvalue weighted by molar-refractivity contribution is 0.555. The Bertz CT molecular complexity index is 542. The van der Waals surface area contributed by atoms with Gasteiger partial charge < -0.3 is 10.7 Å². The Morgan fingerprint density at radius 2 is 1.75 bits per heavy atom. The van der Waals surface area contributed by atoms with E-state index in [1.165, 1.54) is 33.3 Å². The first-order valence-corrected chi connectivity index (χ1v) is 5.69. The van der Waals surface area contributed by atoms with Gasteiger partial charge in [-0.1, -0.05) is 11.6 Å². The van der Waals surface area contributed by atoms with Gasteiger partial charge in [-0.15, -0.1) is 0 Å². The SMILES string of the molecule is Cc1cc(C)c2[nH]c(C)c(C(C)(C)N)c2c1. The van der Waals surface area contributed by atoms with Crippen molar-refractivity contribution in [2.24, 2.45) is 5.73 Å². The Morgan fingerprint density at radius 3 is 2.31 bits per heavy atom. The largest absolute Gasteiger partial charge is 0.358 e. The minimum Gasteiger partial charge on any atom is -0.358 e. The molecule has 0 aliphatic rings. The number of aromatic nitrogens is 1. The third-order valence-corrected chi connectivity index (χ3v) is 3.08. The summed E-state index contributed by atoms with van der Waals surface area (Å²) >= 11 is 0. The van der Waals surface area contributed by atoms with Gasteiger partial charge in [0.05, 0.1) is 0 Å². The first-order chi connectivity index (χ1) is 7.30. The third-order valence-electron chi connectivity index (χ3n) is 3.08. The molecule has 0 bridgehead atoms. The van der Waals surface area contributed by atoms with Crippen LogP contribution in [0.5, 0.6) is 0 Å². The number of nitrogens with two attached hydrogens (primary N) is 1. The molecule has 1 heterocycles. The van der Waals surface area contributed by atoms with Crippen LogP contribution in [0.1, 0.15) is 36.2 Å². The van der Waals surface area contributed by atoms with E-state index in [2.05, 4.69) is 51.7 Å². The highest BCUT2D eigenvalue weighted by atomic mass is 14.8. The van der Waals surface area contributed by atoms with Gasteiger partial charge in [-0.3, -0.25) is 0 Å². The standard InChI is InChI=1S/C14H20N2/c1-8-6-9(2)13-11(7-8)12(10(3)16-13)14(4,5)15/h6-7,16H,15H2,1-5H3. The summed E-state index contributed by atoms with van der Waals surface area (Å²) in [6.07, 6.45) is 0. The number of aromatic amines is 1. The Kier molecular flexibility index (Phi) is 2.35. The molecule has 2 heteroatoms. The summed E-state index contributed by atoms with van der Waals surface area (Å²) in [6.45, 7) is 10.5. The van der Waals surface area contributed by atoms with Crippen molar-refractivity contribution >= 4 is 10.9 Å². The van der Waals surface area contributed by atoms with Crippen LogP contribution in [0.2, 0.25) is 0 Å². The van der Waals surface area contributed by atoms with Crippen LogP contribution in [0, 0.1) is 20.8 Å². The first-order valence-electron chi connectivity index (χ1n) is 5.69. The molecule has 2 aromatic rings. The quantitative estimate of drug-likeness (QED) is 0.754. The van der Waals surface area contributed by atoms with Gasteiger partial charge in [0.2, 0.25) is 0 Å². The van der Waals surface area contributed by atoms with Crippen molar-refractivity contribution in [2.45, 2.75) is 40.2 Å². The molecule has 2 nitrogen and oxygen atoms in total. The van der Waals surface area contributed by atoms with Crippen LogP contribution in [-0.4, -0.2) is 4.98 Å². The molecule has 0 amide bonds. The summed E-state index contributed by atoms with van der Waals surface area (Å²) in [7, 11) is 0. The van der Waals surface area contributed by atoms with E-state index in [4.69, 9.17) is 5.73 Å². The van der Waals surface area contributed by atoms with Crippen LogP contribution < -0.4 is 5.73 Å². The molecule has 1 aromatic carbocycles. The van der Waals surface area contributed by atoms with Gasteiger partial charge in [0.15, 0.2) is 0 Å². The highest BCUT2D eigenvalue weighted by molar-refractivity contribution is 5.88. The molecule has 0 fully saturated rings. The predicted molar refractivity (Wildman–Crippen MR) is 69.7 cm³/mol. The van der Waals surface area contributed by atoms with Gasteiger partial charge in [-0.2, -0.15) is 0 Å². The maximum atomic E-state index is 6.25. The number of fused-ring (bicyclic) bond motifs is 1. The number of aryl methyl sites for hydroxylation is 3. The summed E-state index contributed by atoms with van der Waals surface area (Å²) in [5, 5.41) is 1.27. The molecule has 1 aromatic heterocycles. The highest BCUT2D eigenvalue weighted by Gasteiger charge is 2.22. The van der Waals surface area contributed by atoms with Gasteiger partial charge in [0.1, 0.15) is 0 Å². The van der Waals surface area contributed by atoms with E-state index in [9.17, 15) is 0 Å². The van der Waals surface area contributed by atoms with Crippen LogP contribution in [0.25, 0.3) is 10.9 Å². The Morgan fingerprint density at radius 1 is 1.12 bits per heavy atom. The van der Waals surface area contributed by atoms with E-state index < -0.39 is 0 Å². The van der Waals surface area contributed by atoms with Gasteiger partial charge in [0, 0.05) is 22.1 Å². The fraction of sp³-hybridized carbons (Fsp3) is 0.429. The van der Waals surface area contributed by atoms with Crippen LogP contribution in [0.4, 0.5) is 0 Å². The Labute approximate surface area is 96.9 Å². The average molecular weight is 216 g/mol. The predicted octanol–water partition coefficient (Wildman–Crippen LogP) is 3.29. The molecule has 0 radical (unpaired) electrons. The average Bonchev–Trinajstić information content (AvgIpc) is 2.40. The van der Waals surface area contributed by atoms with E-state index in [0.717, 1.165) is 0 Å². The molecule has 0 atom stereocenters. The monoisotopic (exact) mass is 216 g/mol. The van der Waals surface area contributed by atoms with Crippen LogP contribution in [0.3, 0.4) is 0 Å². The second-order valence-electron chi connectivity index (χ2n) is 5.35. The van der Waals surface area contributed by atoms with E-state index >= 15 is 0 Å². The van der Waals surface area contributed by atoms with Crippen molar-refractivity contribution in [3.05, 3.63) is 34.5 Å². The molecule has 0 aliphatic carbocycles. The molecule has 2 rings (SSSR count). The number of H-pyrrole nitrogens is 1. The van der Waals surface area contributed by atoms with Gasteiger partial charge in [-0.05, 0) is 51.8 Å². The minimum atomic E-state index is -0.303. The van der Waals surface area contributed by atoms with Crippen LogP contribution in [-0.2, 0) is 5.54 Å². The second kappa shape index (κ2) is 3.36. The molecule has 0 spiro atoms. The smallest absolute Gasteiger partial charge is 0.0489 e. The molecular weight excluding hydrogens is 196 g/mol. The van der Waals surface area contributed by atoms with Crippen molar-refractivity contribution in [3.63, 3.8) is 0 Å². The Hall–Kier alpha value is -1.28. The van der Waals surface area contributed by atoms with Crippen molar-refractivity contribution in [1.29, 1.82) is 0 Å². The van der Waals surface area contributed by atoms with Crippen LogP contribution >= 0.6 is 0 Å². The van der Waals surface area contributed by atoms with Gasteiger partial charge >= 0.3 is 0 Å². The number of rotatable bonds is 1. The fourth-order valence-electron chi connectivity index (χ4n) is 2.61. The number of nitrogens with one attached hydrogen (secondary N) is 1. The fourth-order valence-corrected chi connectivity index (χ4v) is 2.61. The molecule has 86 valence electrons. The molecule has 0 saturated carbocycles. The summed E-state index contributed by atoms with van der Waals surface area (Å²) in [6, 6.07) is 4.42. The van der Waals surface area contributed by atoms with Crippen molar-refractivity contribution in [3.8, 4) is 0 Å². The minimum absolute atomic E-state index is 0.303. The lowest BCUT2D eigenvalue weighted by Gasteiger charge is -2.19. The molecule has 0 unspecified atom stereocenters. The lowest BCUT2D eigenvalue weighted by atomic mass is 9.91. The highest BCUT2D eigenvalue weighted by Crippen LogP contribution is 2.32. The lowest BCUT2D eigenvalue weighted by Crippen LogP contribution is -2.29. The second-order valence-corrected chi connectivity index (χ2v) is 5.35. The summed E-state index contributed by atoms with van der Waals surface area (Å²) < 4.78 is 0. The molecule has 0 aliphatic heterocycles. The van der Waals surface area contributed by atoms with Crippen LogP contribution in [0.15, 0.2) is 12.1 Å². The summed E-state index contributed by atoms with van der Waals surface area (Å²) in [4.78, 5) is 3.45. The van der Waals surface area contributed by atoms with E-state index in [-0.39, 0.29) is 5.54 Å². The maximum Gasteiger partial charge on any atom is 0.0489 e. The van der Waals surface area contributed by atoms with E-state index in [0.29, 0.717) is 0 Å². The summed E-state index contributed by atoms with van der Waals surface area (Å²) in [5.41, 5.74) is 12.1. The zero-order chi connectivity index (χ0) is 12.1. The molecule has 0 saturated heterocycles. The topological polar surface area (TPSA) is 41.8 Å². The number of hydrogen-bond acceptors (Lipinski definition) is 1. The van der Waals surface area contributed by atoms with Gasteiger partial charge in [0.25, 0.3) is 0 Å². The number of hydrogen-bond donors (Lipinski definition) is 2.